The molecule has 0 N–H and O–H groups in total. The quantitative estimate of drug-likeness (QED) is 0.640. The molecular weight excluding hydrogens is 356 g/mol. The van der Waals surface area contributed by atoms with Gasteiger partial charge in [-0.25, -0.2) is 9.78 Å². The van der Waals surface area contributed by atoms with Gasteiger partial charge in [-0.15, -0.1) is 0 Å². The zero-order valence-electron chi connectivity index (χ0n) is 14.4. The summed E-state index contributed by atoms with van der Waals surface area (Å²) in [4.78, 5) is 28.4. The van der Waals surface area contributed by atoms with E-state index >= 15 is 0 Å². The average molecular weight is 373 g/mol. The molecule has 3 aromatic rings. The highest BCUT2D eigenvalue weighted by atomic mass is 35.5. The zero-order chi connectivity index (χ0) is 18.7. The first-order valence-electron chi connectivity index (χ1n) is 8.04. The van der Waals surface area contributed by atoms with E-state index in [1.807, 2.05) is 12.1 Å². The smallest absolute Gasteiger partial charge is 0.338 e. The van der Waals surface area contributed by atoms with Crippen LogP contribution in [0.4, 0.5) is 0 Å². The van der Waals surface area contributed by atoms with Crippen LogP contribution in [0.15, 0.2) is 42.6 Å². The van der Waals surface area contributed by atoms with E-state index in [1.165, 1.54) is 7.11 Å². The van der Waals surface area contributed by atoms with Gasteiger partial charge in [0.1, 0.15) is 5.65 Å². The number of hydrogen-bond donors (Lipinski definition) is 0. The van der Waals surface area contributed by atoms with Crippen molar-refractivity contribution in [2.75, 3.05) is 13.7 Å². The molecule has 7 heteroatoms. The zero-order valence-corrected chi connectivity index (χ0v) is 15.1. The lowest BCUT2D eigenvalue weighted by Crippen LogP contribution is -2.10. The van der Waals surface area contributed by atoms with Crippen LogP contribution in [0.25, 0.3) is 16.9 Å². The highest BCUT2D eigenvalue weighted by Crippen LogP contribution is 2.27. The number of aromatic nitrogens is 2. The number of benzene rings is 1. The first-order chi connectivity index (χ1) is 12.5. The monoisotopic (exact) mass is 372 g/mol. The lowest BCUT2D eigenvalue weighted by Gasteiger charge is -2.06. The summed E-state index contributed by atoms with van der Waals surface area (Å²) in [6.45, 7) is 2.06. The number of halogens is 1. The van der Waals surface area contributed by atoms with E-state index in [2.05, 4.69) is 4.98 Å². The molecular formula is C19H17ClN2O4. The minimum Gasteiger partial charge on any atom is -0.466 e. The number of esters is 2. The first-order valence-corrected chi connectivity index (χ1v) is 8.42. The Bertz CT molecular complexity index is 964. The number of carbonyl (C=O) groups excluding carboxylic acids is 2. The van der Waals surface area contributed by atoms with Crippen molar-refractivity contribution in [3.8, 4) is 11.3 Å². The number of fused-ring (bicyclic) bond motifs is 1. The fourth-order valence-electron chi connectivity index (χ4n) is 2.70. The molecule has 3 rings (SSSR count). The topological polar surface area (TPSA) is 69.9 Å². The fourth-order valence-corrected chi connectivity index (χ4v) is 2.82. The summed E-state index contributed by atoms with van der Waals surface area (Å²) in [7, 11) is 1.32. The van der Waals surface area contributed by atoms with Crippen LogP contribution < -0.4 is 0 Å². The van der Waals surface area contributed by atoms with Gasteiger partial charge in [-0.3, -0.25) is 4.79 Å². The van der Waals surface area contributed by atoms with Gasteiger partial charge in [0.05, 0.1) is 37.1 Å². The minimum atomic E-state index is -0.449. The number of methoxy groups -OCH3 is 1. The third-order valence-corrected chi connectivity index (χ3v) is 4.13. The molecule has 26 heavy (non-hydrogen) atoms. The van der Waals surface area contributed by atoms with Crippen molar-refractivity contribution in [3.63, 3.8) is 0 Å². The second kappa shape index (κ2) is 7.58. The summed E-state index contributed by atoms with van der Waals surface area (Å²) >= 11 is 5.96. The summed E-state index contributed by atoms with van der Waals surface area (Å²) in [6.07, 6.45) is 1.76. The van der Waals surface area contributed by atoms with E-state index < -0.39 is 5.97 Å². The largest absolute Gasteiger partial charge is 0.466 e. The molecule has 1 aromatic carbocycles. The Balaban J connectivity index is 2.15. The van der Waals surface area contributed by atoms with Gasteiger partial charge in [-0.05, 0) is 31.2 Å². The van der Waals surface area contributed by atoms with Crippen LogP contribution >= 0.6 is 11.6 Å². The highest BCUT2D eigenvalue weighted by Gasteiger charge is 2.19. The number of ether oxygens (including phenoxy) is 2. The normalized spacial score (nSPS) is 10.7. The molecule has 0 atom stereocenters. The van der Waals surface area contributed by atoms with E-state index in [0.717, 1.165) is 5.56 Å². The van der Waals surface area contributed by atoms with E-state index in [-0.39, 0.29) is 12.4 Å². The molecule has 134 valence electrons. The summed E-state index contributed by atoms with van der Waals surface area (Å²) in [5.74, 6) is -0.794. The van der Waals surface area contributed by atoms with Gasteiger partial charge in [0, 0.05) is 16.8 Å². The SMILES string of the molecule is CCOC(=O)Cc1c(-c2ccc(Cl)cc2)nc2cc(C(=O)OC)ccn12. The predicted molar refractivity (Wildman–Crippen MR) is 97.3 cm³/mol. The molecule has 0 unspecified atom stereocenters. The van der Waals surface area contributed by atoms with E-state index in [9.17, 15) is 9.59 Å². The van der Waals surface area contributed by atoms with Crippen LogP contribution in [0, 0.1) is 0 Å². The molecule has 0 saturated heterocycles. The molecule has 0 spiro atoms. The molecule has 0 fully saturated rings. The maximum atomic E-state index is 12.1. The molecule has 0 aliphatic rings. The number of imidazole rings is 1. The molecule has 2 aromatic heterocycles. The lowest BCUT2D eigenvalue weighted by molar-refractivity contribution is -0.142. The molecule has 0 aliphatic heterocycles. The minimum absolute atomic E-state index is 0.0601. The second-order valence-corrected chi connectivity index (χ2v) is 5.97. The average Bonchev–Trinajstić information content (AvgIpc) is 2.99. The van der Waals surface area contributed by atoms with Crippen LogP contribution in [0.3, 0.4) is 0 Å². The van der Waals surface area contributed by atoms with Crippen LogP contribution in [-0.2, 0) is 20.7 Å². The Labute approximate surface area is 155 Å². The van der Waals surface area contributed by atoms with E-state index in [0.29, 0.717) is 34.2 Å². The van der Waals surface area contributed by atoms with Crippen molar-refractivity contribution in [1.82, 2.24) is 9.38 Å². The molecule has 0 saturated carbocycles. The van der Waals surface area contributed by atoms with Crippen molar-refractivity contribution in [2.45, 2.75) is 13.3 Å². The summed E-state index contributed by atoms with van der Waals surface area (Å²) < 4.78 is 11.6. The van der Waals surface area contributed by atoms with Gasteiger partial charge < -0.3 is 13.9 Å². The third kappa shape index (κ3) is 3.55. The Hall–Kier alpha value is -2.86. The van der Waals surface area contributed by atoms with Crippen LogP contribution in [0.1, 0.15) is 23.0 Å². The Morgan fingerprint density at radius 3 is 2.58 bits per heavy atom. The second-order valence-electron chi connectivity index (χ2n) is 5.53. The highest BCUT2D eigenvalue weighted by molar-refractivity contribution is 6.30. The van der Waals surface area contributed by atoms with Crippen LogP contribution in [-0.4, -0.2) is 35.0 Å². The van der Waals surface area contributed by atoms with Gasteiger partial charge in [-0.2, -0.15) is 0 Å². The Morgan fingerprint density at radius 1 is 1.19 bits per heavy atom. The van der Waals surface area contributed by atoms with Gasteiger partial charge in [0.15, 0.2) is 0 Å². The van der Waals surface area contributed by atoms with Crippen LogP contribution in [0.2, 0.25) is 5.02 Å². The molecule has 2 heterocycles. The molecule has 0 bridgehead atoms. The van der Waals surface area contributed by atoms with Crippen LogP contribution in [0.5, 0.6) is 0 Å². The Morgan fingerprint density at radius 2 is 1.92 bits per heavy atom. The number of nitrogens with zero attached hydrogens (tertiary/aromatic N) is 2. The molecule has 0 amide bonds. The molecule has 0 radical (unpaired) electrons. The van der Waals surface area contributed by atoms with Gasteiger partial charge in [0.25, 0.3) is 0 Å². The maximum absolute atomic E-state index is 12.1. The van der Waals surface area contributed by atoms with Gasteiger partial charge >= 0.3 is 11.9 Å². The summed E-state index contributed by atoms with van der Waals surface area (Å²) in [5, 5.41) is 0.609. The third-order valence-electron chi connectivity index (χ3n) is 3.88. The number of carbonyl (C=O) groups is 2. The fraction of sp³-hybridized carbons (Fsp3) is 0.211. The van der Waals surface area contributed by atoms with Gasteiger partial charge in [0.2, 0.25) is 0 Å². The van der Waals surface area contributed by atoms with Gasteiger partial charge in [-0.1, -0.05) is 23.7 Å². The van der Waals surface area contributed by atoms with E-state index in [4.69, 9.17) is 21.1 Å². The molecule has 6 nitrogen and oxygen atoms in total. The summed E-state index contributed by atoms with van der Waals surface area (Å²) in [6, 6.07) is 10.4. The standard InChI is InChI=1S/C19H17ClN2O4/c1-3-26-17(23)11-15-18(12-4-6-14(20)7-5-12)21-16-10-13(19(24)25-2)8-9-22(15)16/h4-10H,3,11H2,1-2H3. The van der Waals surface area contributed by atoms with E-state index in [1.54, 1.807) is 41.8 Å². The van der Waals surface area contributed by atoms with Crippen molar-refractivity contribution >= 4 is 29.2 Å². The molecule has 0 aliphatic carbocycles. The number of hydrogen-bond acceptors (Lipinski definition) is 5. The predicted octanol–water partition coefficient (Wildman–Crippen LogP) is 3.55. The van der Waals surface area contributed by atoms with Crippen molar-refractivity contribution < 1.29 is 19.1 Å². The lowest BCUT2D eigenvalue weighted by atomic mass is 10.1. The maximum Gasteiger partial charge on any atom is 0.338 e. The van der Waals surface area contributed by atoms with Crippen molar-refractivity contribution in [3.05, 3.63) is 58.9 Å². The number of rotatable bonds is 5. The number of pyridine rings is 1. The Kier molecular flexibility index (Phi) is 5.23. The van der Waals surface area contributed by atoms with Crippen molar-refractivity contribution in [1.29, 1.82) is 0 Å². The summed E-state index contributed by atoms with van der Waals surface area (Å²) in [5.41, 5.74) is 3.05. The van der Waals surface area contributed by atoms with Crippen molar-refractivity contribution in [2.24, 2.45) is 0 Å². The first kappa shape index (κ1) is 17.9.